The summed E-state index contributed by atoms with van der Waals surface area (Å²) in [5.74, 6) is 0.639. The van der Waals surface area contributed by atoms with Gasteiger partial charge in [-0.3, -0.25) is 9.59 Å². The van der Waals surface area contributed by atoms with Crippen molar-refractivity contribution >= 4 is 23.2 Å². The van der Waals surface area contributed by atoms with E-state index in [2.05, 4.69) is 4.90 Å². The van der Waals surface area contributed by atoms with Crippen molar-refractivity contribution in [1.82, 2.24) is 9.80 Å². The van der Waals surface area contributed by atoms with Crippen LogP contribution in [-0.4, -0.2) is 62.0 Å². The molecule has 0 unspecified atom stereocenters. The molecule has 1 saturated heterocycles. The normalized spacial score (nSPS) is 13.5. The average Bonchev–Trinajstić information content (AvgIpc) is 2.88. The van der Waals surface area contributed by atoms with Gasteiger partial charge >= 0.3 is 0 Å². The highest BCUT2D eigenvalue weighted by Gasteiger charge is 2.26. The number of hydrogen-bond donors (Lipinski definition) is 1. The lowest BCUT2D eigenvalue weighted by atomic mass is 10.1. The van der Waals surface area contributed by atoms with Crippen LogP contribution in [0.3, 0.4) is 0 Å². The van der Waals surface area contributed by atoms with Gasteiger partial charge in [0.2, 0.25) is 0 Å². The number of nitrogens with two attached hydrogens (primary N) is 1. The van der Waals surface area contributed by atoms with Crippen LogP contribution in [0.4, 0.5) is 11.4 Å². The van der Waals surface area contributed by atoms with E-state index in [9.17, 15) is 9.59 Å². The van der Waals surface area contributed by atoms with Gasteiger partial charge in [0.05, 0.1) is 12.7 Å². The first-order valence-electron chi connectivity index (χ1n) is 11.3. The first kappa shape index (κ1) is 23.2. The molecule has 0 atom stereocenters. The molecule has 0 radical (unpaired) electrons. The Balaban J connectivity index is 1.45. The highest BCUT2D eigenvalue weighted by Crippen LogP contribution is 2.26. The maximum atomic E-state index is 13.3. The highest BCUT2D eigenvalue weighted by atomic mass is 16.5. The van der Waals surface area contributed by atoms with Gasteiger partial charge in [0, 0.05) is 56.7 Å². The number of methoxy groups -OCH3 is 1. The molecule has 7 heteroatoms. The summed E-state index contributed by atoms with van der Waals surface area (Å²) < 4.78 is 5.17. The van der Waals surface area contributed by atoms with E-state index in [0.717, 1.165) is 17.0 Å². The van der Waals surface area contributed by atoms with E-state index in [1.54, 1.807) is 49.4 Å². The molecule has 1 aliphatic rings. The smallest absolute Gasteiger partial charge is 0.256 e. The van der Waals surface area contributed by atoms with Crippen molar-refractivity contribution in [1.29, 1.82) is 0 Å². The first-order valence-corrected chi connectivity index (χ1v) is 11.3. The lowest BCUT2D eigenvalue weighted by molar-refractivity contribution is 0.0742. The van der Waals surface area contributed by atoms with Crippen LogP contribution in [0.2, 0.25) is 0 Å². The Morgan fingerprint density at radius 1 is 0.941 bits per heavy atom. The van der Waals surface area contributed by atoms with E-state index in [1.165, 1.54) is 0 Å². The number of anilines is 2. The fraction of sp³-hybridized carbons (Fsp3) is 0.259. The van der Waals surface area contributed by atoms with Crippen LogP contribution in [0.15, 0.2) is 72.8 Å². The standard InChI is InChI=1S/C27H30N4O3/c1-29(19-20-6-4-3-5-7-20)27(33)24-18-22(28)10-13-25(24)30-14-16-31(17-15-30)26(32)21-8-11-23(34-2)12-9-21/h3-13,18H,14-17,19,28H2,1-2H3. The maximum Gasteiger partial charge on any atom is 0.256 e. The minimum Gasteiger partial charge on any atom is -0.497 e. The van der Waals surface area contributed by atoms with Crippen molar-refractivity contribution in [3.05, 3.63) is 89.5 Å². The number of carbonyl (C=O) groups excluding carboxylic acids is 2. The number of ether oxygens (including phenoxy) is 1. The fourth-order valence-corrected chi connectivity index (χ4v) is 4.20. The number of carbonyl (C=O) groups is 2. The van der Waals surface area contributed by atoms with Gasteiger partial charge in [0.15, 0.2) is 0 Å². The predicted molar refractivity (Wildman–Crippen MR) is 134 cm³/mol. The minimum atomic E-state index is -0.0807. The summed E-state index contributed by atoms with van der Waals surface area (Å²) in [6.07, 6.45) is 0. The molecule has 1 heterocycles. The molecule has 3 aromatic carbocycles. The maximum absolute atomic E-state index is 13.3. The van der Waals surface area contributed by atoms with Gasteiger partial charge in [-0.25, -0.2) is 0 Å². The van der Waals surface area contributed by atoms with Crippen LogP contribution in [0.1, 0.15) is 26.3 Å². The third kappa shape index (κ3) is 5.14. The SMILES string of the molecule is COc1ccc(C(=O)N2CCN(c3ccc(N)cc3C(=O)N(C)Cc3ccccc3)CC2)cc1. The Kier molecular flexibility index (Phi) is 7.01. The number of benzene rings is 3. The highest BCUT2D eigenvalue weighted by molar-refractivity contribution is 6.00. The number of amides is 2. The van der Waals surface area contributed by atoms with Crippen molar-refractivity contribution < 1.29 is 14.3 Å². The van der Waals surface area contributed by atoms with Crippen molar-refractivity contribution in [3.63, 3.8) is 0 Å². The molecule has 0 aromatic heterocycles. The zero-order chi connectivity index (χ0) is 24.1. The van der Waals surface area contributed by atoms with Crippen LogP contribution >= 0.6 is 0 Å². The quantitative estimate of drug-likeness (QED) is 0.572. The van der Waals surface area contributed by atoms with E-state index in [-0.39, 0.29) is 11.8 Å². The Hall–Kier alpha value is -4.00. The molecular weight excluding hydrogens is 428 g/mol. The van der Waals surface area contributed by atoms with E-state index < -0.39 is 0 Å². The molecule has 0 bridgehead atoms. The summed E-state index contributed by atoms with van der Waals surface area (Å²) in [6.45, 7) is 2.92. The average molecular weight is 459 g/mol. The van der Waals surface area contributed by atoms with E-state index in [4.69, 9.17) is 10.5 Å². The fourth-order valence-electron chi connectivity index (χ4n) is 4.20. The van der Waals surface area contributed by atoms with Crippen molar-refractivity contribution in [2.45, 2.75) is 6.54 Å². The molecule has 2 N–H and O–H groups in total. The van der Waals surface area contributed by atoms with Gasteiger partial charge in [-0.15, -0.1) is 0 Å². The Morgan fingerprint density at radius 2 is 1.62 bits per heavy atom. The molecule has 176 valence electrons. The monoisotopic (exact) mass is 458 g/mol. The molecule has 3 aromatic rings. The summed E-state index contributed by atoms with van der Waals surface area (Å²) in [5.41, 5.74) is 9.72. The van der Waals surface area contributed by atoms with Gasteiger partial charge in [-0.05, 0) is 48.0 Å². The third-order valence-corrected chi connectivity index (χ3v) is 6.10. The molecular formula is C27H30N4O3. The first-order chi connectivity index (χ1) is 16.5. The Morgan fingerprint density at radius 3 is 2.26 bits per heavy atom. The second kappa shape index (κ2) is 10.3. The van der Waals surface area contributed by atoms with E-state index in [1.807, 2.05) is 47.4 Å². The largest absolute Gasteiger partial charge is 0.497 e. The number of nitrogen functional groups attached to an aromatic ring is 1. The Labute approximate surface area is 200 Å². The topological polar surface area (TPSA) is 79.1 Å². The second-order valence-corrected chi connectivity index (χ2v) is 8.43. The van der Waals surface area contributed by atoms with Crippen molar-refractivity contribution in [2.75, 3.05) is 51.0 Å². The van der Waals surface area contributed by atoms with Crippen LogP contribution in [0.5, 0.6) is 5.75 Å². The van der Waals surface area contributed by atoms with Crippen molar-refractivity contribution in [2.24, 2.45) is 0 Å². The van der Waals surface area contributed by atoms with Crippen molar-refractivity contribution in [3.8, 4) is 5.75 Å². The minimum absolute atomic E-state index is 0.00139. The van der Waals surface area contributed by atoms with Crippen LogP contribution in [-0.2, 0) is 6.54 Å². The van der Waals surface area contributed by atoms with E-state index in [0.29, 0.717) is 49.5 Å². The molecule has 1 fully saturated rings. The molecule has 0 saturated carbocycles. The molecule has 0 spiro atoms. The number of nitrogens with zero attached hydrogens (tertiary/aromatic N) is 3. The molecule has 4 rings (SSSR count). The lowest BCUT2D eigenvalue weighted by Gasteiger charge is -2.37. The summed E-state index contributed by atoms with van der Waals surface area (Å²) >= 11 is 0. The summed E-state index contributed by atoms with van der Waals surface area (Å²) in [5, 5.41) is 0. The van der Waals surface area contributed by atoms with Gasteiger partial charge in [0.25, 0.3) is 11.8 Å². The molecule has 7 nitrogen and oxygen atoms in total. The van der Waals surface area contributed by atoms with Gasteiger partial charge in [-0.1, -0.05) is 30.3 Å². The Bertz CT molecular complexity index is 1140. The zero-order valence-electron chi connectivity index (χ0n) is 19.6. The second-order valence-electron chi connectivity index (χ2n) is 8.43. The molecule has 1 aliphatic heterocycles. The van der Waals surface area contributed by atoms with Crippen LogP contribution in [0, 0.1) is 0 Å². The number of piperazine rings is 1. The number of rotatable bonds is 6. The van der Waals surface area contributed by atoms with Gasteiger partial charge in [0.1, 0.15) is 5.75 Å². The summed E-state index contributed by atoms with van der Waals surface area (Å²) in [4.78, 5) is 32.0. The van der Waals surface area contributed by atoms with Gasteiger partial charge in [-0.2, -0.15) is 0 Å². The molecule has 2 amide bonds. The summed E-state index contributed by atoms with van der Waals surface area (Å²) in [6, 6.07) is 22.5. The molecule has 0 aliphatic carbocycles. The van der Waals surface area contributed by atoms with Crippen LogP contribution < -0.4 is 15.4 Å². The van der Waals surface area contributed by atoms with Gasteiger partial charge < -0.3 is 25.2 Å². The number of hydrogen-bond acceptors (Lipinski definition) is 5. The lowest BCUT2D eigenvalue weighted by Crippen LogP contribution is -2.49. The predicted octanol–water partition coefficient (Wildman–Crippen LogP) is 3.51. The molecule has 34 heavy (non-hydrogen) atoms. The summed E-state index contributed by atoms with van der Waals surface area (Å²) in [7, 11) is 3.40. The zero-order valence-corrected chi connectivity index (χ0v) is 19.6. The van der Waals surface area contributed by atoms with Crippen LogP contribution in [0.25, 0.3) is 0 Å². The third-order valence-electron chi connectivity index (χ3n) is 6.10. The van der Waals surface area contributed by atoms with E-state index >= 15 is 0 Å².